The van der Waals surface area contributed by atoms with Crippen LogP contribution in [0.5, 0.6) is 0 Å². The van der Waals surface area contributed by atoms with Crippen LogP contribution in [0.3, 0.4) is 0 Å². The zero-order valence-electron chi connectivity index (χ0n) is 20.3. The molecule has 0 aromatic carbocycles. The number of pyridine rings is 1. The van der Waals surface area contributed by atoms with Gasteiger partial charge in [-0.3, -0.25) is 13.9 Å². The number of rotatable bonds is 5. The SMILES string of the molecule is CC(C)Cn1cc(-c2cc(C(F)(F)F)c3nc(C(=O)N4CCC(N5CCOC5=O)CC4)c(Cl)n3c2)cn1. The minimum Gasteiger partial charge on any atom is -0.448 e. The van der Waals surface area contributed by atoms with Gasteiger partial charge >= 0.3 is 12.3 Å². The molecular formula is C24H26ClF3N6O3. The summed E-state index contributed by atoms with van der Waals surface area (Å²) in [4.78, 5) is 32.3. The highest BCUT2D eigenvalue weighted by molar-refractivity contribution is 6.33. The Kier molecular flexibility index (Phi) is 6.55. The summed E-state index contributed by atoms with van der Waals surface area (Å²) >= 11 is 6.47. The summed E-state index contributed by atoms with van der Waals surface area (Å²) in [6.07, 6.45) is 0.605. The van der Waals surface area contributed by atoms with Gasteiger partial charge in [0.05, 0.1) is 18.3 Å². The number of carbonyl (C=O) groups excluding carboxylic acids is 2. The molecule has 5 heterocycles. The van der Waals surface area contributed by atoms with Gasteiger partial charge in [0.25, 0.3) is 5.91 Å². The van der Waals surface area contributed by atoms with Gasteiger partial charge in [0.2, 0.25) is 0 Å². The molecular weight excluding hydrogens is 513 g/mol. The molecule has 3 aromatic rings. The molecule has 0 N–H and O–H groups in total. The number of hydrogen-bond acceptors (Lipinski definition) is 5. The lowest BCUT2D eigenvalue weighted by atomic mass is 10.0. The molecule has 0 atom stereocenters. The molecule has 2 saturated heterocycles. The van der Waals surface area contributed by atoms with Crippen molar-refractivity contribution in [3.8, 4) is 11.1 Å². The molecule has 2 fully saturated rings. The first-order valence-electron chi connectivity index (χ1n) is 12.1. The van der Waals surface area contributed by atoms with Crippen LogP contribution in [-0.4, -0.2) is 73.2 Å². The van der Waals surface area contributed by atoms with Crippen molar-refractivity contribution in [2.45, 2.75) is 45.5 Å². The second-order valence-corrected chi connectivity index (χ2v) is 10.1. The minimum absolute atomic E-state index is 0.0495. The van der Waals surface area contributed by atoms with E-state index in [4.69, 9.17) is 16.3 Å². The van der Waals surface area contributed by atoms with Gasteiger partial charge in [-0.15, -0.1) is 0 Å². The van der Waals surface area contributed by atoms with Crippen LogP contribution in [0, 0.1) is 5.92 Å². The number of fused-ring (bicyclic) bond motifs is 1. The van der Waals surface area contributed by atoms with E-state index >= 15 is 0 Å². The number of carbonyl (C=O) groups is 2. The molecule has 5 rings (SSSR count). The molecule has 9 nitrogen and oxygen atoms in total. The van der Waals surface area contributed by atoms with Crippen molar-refractivity contribution in [3.05, 3.63) is 41.1 Å². The van der Waals surface area contributed by atoms with Gasteiger partial charge in [-0.25, -0.2) is 9.78 Å². The van der Waals surface area contributed by atoms with Crippen molar-refractivity contribution in [1.82, 2.24) is 29.0 Å². The molecule has 2 aliphatic rings. The number of hydrogen-bond donors (Lipinski definition) is 0. The third-order valence-electron chi connectivity index (χ3n) is 6.67. The van der Waals surface area contributed by atoms with E-state index < -0.39 is 23.3 Å². The maximum Gasteiger partial charge on any atom is 0.420 e. The van der Waals surface area contributed by atoms with Crippen LogP contribution < -0.4 is 0 Å². The number of amides is 2. The third-order valence-corrected chi connectivity index (χ3v) is 7.03. The topological polar surface area (TPSA) is 85.0 Å². The van der Waals surface area contributed by atoms with Crippen LogP contribution in [0.15, 0.2) is 24.7 Å². The van der Waals surface area contributed by atoms with Crippen LogP contribution in [0.2, 0.25) is 5.15 Å². The molecule has 37 heavy (non-hydrogen) atoms. The maximum atomic E-state index is 14.1. The van der Waals surface area contributed by atoms with Crippen LogP contribution in [0.1, 0.15) is 42.7 Å². The molecule has 13 heteroatoms. The van der Waals surface area contributed by atoms with Crippen molar-refractivity contribution in [2.24, 2.45) is 5.92 Å². The molecule has 2 aliphatic heterocycles. The average molecular weight is 539 g/mol. The van der Waals surface area contributed by atoms with Gasteiger partial charge in [-0.1, -0.05) is 25.4 Å². The quantitative estimate of drug-likeness (QED) is 0.475. The number of piperidine rings is 1. The number of nitrogens with zero attached hydrogens (tertiary/aromatic N) is 6. The zero-order chi connectivity index (χ0) is 26.5. The summed E-state index contributed by atoms with van der Waals surface area (Å²) in [6, 6.07) is 0.955. The number of cyclic esters (lactones) is 1. The lowest BCUT2D eigenvalue weighted by Crippen LogP contribution is -2.47. The number of halogens is 4. The number of imidazole rings is 1. The Balaban J connectivity index is 1.45. The Morgan fingerprint density at radius 1 is 1.19 bits per heavy atom. The van der Waals surface area contributed by atoms with Crippen molar-refractivity contribution in [2.75, 3.05) is 26.2 Å². The molecule has 198 valence electrons. The van der Waals surface area contributed by atoms with E-state index in [-0.39, 0.29) is 28.5 Å². The van der Waals surface area contributed by atoms with E-state index in [0.29, 0.717) is 57.1 Å². The second-order valence-electron chi connectivity index (χ2n) is 9.76. The fourth-order valence-electron chi connectivity index (χ4n) is 4.87. The Hall–Kier alpha value is -3.28. The summed E-state index contributed by atoms with van der Waals surface area (Å²) in [5, 5.41) is 4.06. The smallest absolute Gasteiger partial charge is 0.420 e. The first-order chi connectivity index (χ1) is 17.5. The molecule has 0 radical (unpaired) electrons. The summed E-state index contributed by atoms with van der Waals surface area (Å²) < 4.78 is 49.9. The molecule has 0 bridgehead atoms. The van der Waals surface area contributed by atoms with E-state index in [9.17, 15) is 22.8 Å². The second kappa shape index (κ2) is 9.55. The van der Waals surface area contributed by atoms with Gasteiger partial charge in [0.1, 0.15) is 11.8 Å². The van der Waals surface area contributed by atoms with Gasteiger partial charge in [0, 0.05) is 49.2 Å². The summed E-state index contributed by atoms with van der Waals surface area (Å²) in [6.45, 7) is 6.15. The average Bonchev–Trinajstić information content (AvgIpc) is 3.56. The minimum atomic E-state index is -4.72. The Morgan fingerprint density at radius 2 is 1.92 bits per heavy atom. The highest BCUT2D eigenvalue weighted by atomic mass is 35.5. The first kappa shape index (κ1) is 25.4. The van der Waals surface area contributed by atoms with Gasteiger partial charge < -0.3 is 14.5 Å². The van der Waals surface area contributed by atoms with Crippen molar-refractivity contribution >= 4 is 29.2 Å². The predicted octanol–water partition coefficient (Wildman–Crippen LogP) is 4.58. The highest BCUT2D eigenvalue weighted by Crippen LogP contribution is 2.37. The van der Waals surface area contributed by atoms with Crippen LogP contribution in [-0.2, 0) is 17.5 Å². The van der Waals surface area contributed by atoms with Crippen molar-refractivity contribution in [1.29, 1.82) is 0 Å². The third kappa shape index (κ3) is 4.86. The summed E-state index contributed by atoms with van der Waals surface area (Å²) in [5.41, 5.74) is -0.916. The lowest BCUT2D eigenvalue weighted by molar-refractivity contribution is -0.136. The van der Waals surface area contributed by atoms with Crippen LogP contribution in [0.4, 0.5) is 18.0 Å². The predicted molar refractivity (Wildman–Crippen MR) is 128 cm³/mol. The van der Waals surface area contributed by atoms with Crippen LogP contribution >= 0.6 is 11.6 Å². The molecule has 0 unspecified atom stereocenters. The lowest BCUT2D eigenvalue weighted by Gasteiger charge is -2.35. The standard InChI is InChI=1S/C24H26ClF3N6O3/c1-14(2)11-32-12-16(10-29-32)15-9-18(24(26,27)28)21-30-19(20(25)34(21)13-15)22(35)31-5-3-17(4-6-31)33-7-8-37-23(33)36/h9-10,12-14,17H,3-8,11H2,1-2H3. The summed E-state index contributed by atoms with van der Waals surface area (Å²) in [5.74, 6) is -0.234. The maximum absolute atomic E-state index is 14.1. The van der Waals surface area contributed by atoms with E-state index in [1.54, 1.807) is 15.8 Å². The Bertz CT molecular complexity index is 1340. The van der Waals surface area contributed by atoms with Gasteiger partial charge in [-0.2, -0.15) is 18.3 Å². The molecule has 0 spiro atoms. The summed E-state index contributed by atoms with van der Waals surface area (Å²) in [7, 11) is 0. The van der Waals surface area contributed by atoms with Gasteiger partial charge in [0.15, 0.2) is 11.3 Å². The van der Waals surface area contributed by atoms with Crippen molar-refractivity contribution < 1.29 is 27.5 Å². The van der Waals surface area contributed by atoms with Gasteiger partial charge in [-0.05, 0) is 24.8 Å². The van der Waals surface area contributed by atoms with E-state index in [2.05, 4.69) is 10.1 Å². The Morgan fingerprint density at radius 3 is 2.54 bits per heavy atom. The number of alkyl halides is 3. The zero-order valence-corrected chi connectivity index (χ0v) is 21.1. The fraction of sp³-hybridized carbons (Fsp3) is 0.500. The molecule has 0 aliphatic carbocycles. The van der Waals surface area contributed by atoms with E-state index in [1.165, 1.54) is 17.3 Å². The Labute approximate surface area is 215 Å². The molecule has 2 amide bonds. The monoisotopic (exact) mass is 538 g/mol. The van der Waals surface area contributed by atoms with Crippen LogP contribution in [0.25, 0.3) is 16.8 Å². The number of aromatic nitrogens is 4. The highest BCUT2D eigenvalue weighted by Gasteiger charge is 2.38. The largest absolute Gasteiger partial charge is 0.448 e. The molecule has 3 aromatic heterocycles. The molecule has 0 saturated carbocycles. The first-order valence-corrected chi connectivity index (χ1v) is 12.4. The van der Waals surface area contributed by atoms with E-state index in [0.717, 1.165) is 10.5 Å². The van der Waals surface area contributed by atoms with Crippen molar-refractivity contribution in [3.63, 3.8) is 0 Å². The number of ether oxygens (including phenoxy) is 1. The normalized spacial score (nSPS) is 17.3. The number of likely N-dealkylation sites (tertiary alicyclic amines) is 1. The van der Waals surface area contributed by atoms with E-state index in [1.807, 2.05) is 13.8 Å². The fourth-order valence-corrected chi connectivity index (χ4v) is 5.13.